The third-order valence-corrected chi connectivity index (χ3v) is 7.57. The van der Waals surface area contributed by atoms with Crippen LogP contribution in [0.1, 0.15) is 48.5 Å². The van der Waals surface area contributed by atoms with Crippen LogP contribution in [0.5, 0.6) is 11.5 Å². The lowest BCUT2D eigenvalue weighted by Crippen LogP contribution is -2.56. The number of hydrogen-bond acceptors (Lipinski definition) is 8. The van der Waals surface area contributed by atoms with E-state index in [0.717, 1.165) is 49.4 Å². The maximum atomic E-state index is 6.66. The number of H-pyrrole nitrogens is 1. The average Bonchev–Trinajstić information content (AvgIpc) is 3.57. The van der Waals surface area contributed by atoms with E-state index in [0.29, 0.717) is 11.8 Å². The van der Waals surface area contributed by atoms with Gasteiger partial charge in [-0.1, -0.05) is 24.3 Å². The number of ether oxygens (including phenoxy) is 2. The topological polar surface area (TPSA) is 118 Å². The van der Waals surface area contributed by atoms with Gasteiger partial charge in [-0.3, -0.25) is 5.10 Å². The summed E-state index contributed by atoms with van der Waals surface area (Å²) in [4.78, 5) is 8.96. The molecule has 2 aromatic carbocycles. The van der Waals surface area contributed by atoms with Crippen molar-refractivity contribution in [3.63, 3.8) is 0 Å². The van der Waals surface area contributed by atoms with Crippen molar-refractivity contribution in [1.29, 1.82) is 0 Å². The third-order valence-electron chi connectivity index (χ3n) is 7.57. The number of guanidine groups is 1. The molecule has 0 bridgehead atoms. The summed E-state index contributed by atoms with van der Waals surface area (Å²) in [5.74, 6) is 2.66. The lowest BCUT2D eigenvalue weighted by Gasteiger charge is -2.44. The zero-order valence-corrected chi connectivity index (χ0v) is 20.6. The number of benzene rings is 2. The van der Waals surface area contributed by atoms with Crippen LogP contribution >= 0.6 is 0 Å². The number of aliphatic imine (C=N–C) groups is 1. The van der Waals surface area contributed by atoms with Gasteiger partial charge in [-0.25, -0.2) is 0 Å². The highest BCUT2D eigenvalue weighted by Gasteiger charge is 2.36. The second-order valence-corrected chi connectivity index (χ2v) is 9.87. The van der Waals surface area contributed by atoms with E-state index >= 15 is 0 Å². The molecule has 0 saturated heterocycles. The van der Waals surface area contributed by atoms with Gasteiger partial charge in [-0.2, -0.15) is 10.1 Å². The second kappa shape index (κ2) is 9.39. The van der Waals surface area contributed by atoms with Crippen LogP contribution in [-0.4, -0.2) is 46.9 Å². The highest BCUT2D eigenvalue weighted by molar-refractivity contribution is 5.84. The molecule has 188 valence electrons. The number of aromatic nitrogens is 2. The van der Waals surface area contributed by atoms with E-state index in [4.69, 9.17) is 20.9 Å². The van der Waals surface area contributed by atoms with Crippen molar-refractivity contribution in [3.8, 4) is 11.5 Å². The zero-order valence-electron chi connectivity index (χ0n) is 20.6. The zero-order chi connectivity index (χ0) is 24.6. The molecule has 1 fully saturated rings. The van der Waals surface area contributed by atoms with Crippen molar-refractivity contribution in [3.05, 3.63) is 65.4 Å². The second-order valence-electron chi connectivity index (χ2n) is 9.87. The first kappa shape index (κ1) is 22.7. The Morgan fingerprint density at radius 1 is 1.11 bits per heavy atom. The van der Waals surface area contributed by atoms with E-state index < -0.39 is 6.17 Å². The first-order chi connectivity index (χ1) is 17.6. The van der Waals surface area contributed by atoms with Crippen molar-refractivity contribution >= 4 is 17.5 Å². The van der Waals surface area contributed by atoms with E-state index in [2.05, 4.69) is 56.5 Å². The van der Waals surface area contributed by atoms with Crippen LogP contribution in [0.15, 0.2) is 53.7 Å². The van der Waals surface area contributed by atoms with Crippen LogP contribution in [0, 0.1) is 0 Å². The molecule has 5 N–H and O–H groups in total. The summed E-state index contributed by atoms with van der Waals surface area (Å²) in [5.41, 5.74) is 17.6. The molecular formula is C27H33N7O2. The van der Waals surface area contributed by atoms with Gasteiger partial charge in [-0.15, -0.1) is 0 Å². The average molecular weight is 488 g/mol. The Bertz CT molecular complexity index is 1270. The number of nitrogens with zero attached hydrogens (tertiary/aromatic N) is 4. The Labute approximate surface area is 211 Å². The molecule has 2 unspecified atom stereocenters. The van der Waals surface area contributed by atoms with Gasteiger partial charge >= 0.3 is 0 Å². The molecule has 0 spiro atoms. The summed E-state index contributed by atoms with van der Waals surface area (Å²) < 4.78 is 12.0. The van der Waals surface area contributed by atoms with E-state index in [1.807, 2.05) is 11.0 Å². The minimum atomic E-state index is -0.402. The quantitative estimate of drug-likeness (QED) is 0.486. The molecule has 3 heterocycles. The van der Waals surface area contributed by atoms with E-state index in [-0.39, 0.29) is 12.1 Å². The fourth-order valence-corrected chi connectivity index (χ4v) is 5.79. The summed E-state index contributed by atoms with van der Waals surface area (Å²) in [6.07, 6.45) is 7.10. The van der Waals surface area contributed by atoms with Crippen LogP contribution in [0.2, 0.25) is 0 Å². The smallest absolute Gasteiger partial charge is 0.199 e. The number of fused-ring (bicyclic) bond motifs is 2. The monoisotopic (exact) mass is 487 g/mol. The molecule has 9 nitrogen and oxygen atoms in total. The van der Waals surface area contributed by atoms with Gasteiger partial charge in [0.2, 0.25) is 0 Å². The summed E-state index contributed by atoms with van der Waals surface area (Å²) >= 11 is 0. The molecule has 3 aromatic rings. The van der Waals surface area contributed by atoms with Gasteiger partial charge in [-0.05, 0) is 61.4 Å². The highest BCUT2D eigenvalue weighted by atomic mass is 16.5. The Balaban J connectivity index is 1.28. The number of para-hydroxylation sites is 1. The number of nitrogens with one attached hydrogen (secondary N) is 1. The van der Waals surface area contributed by atoms with E-state index in [9.17, 15) is 0 Å². The Hall–Kier alpha value is -3.72. The molecule has 2 atom stereocenters. The maximum Gasteiger partial charge on any atom is 0.199 e. The van der Waals surface area contributed by atoms with E-state index in [1.54, 1.807) is 13.3 Å². The SMILES string of the molecule is COc1ccc(CN2CC(N3C(N)=Nc4[nH]ncc4C3N)Cc3ccccc32)cc1OC1CCCC1. The van der Waals surface area contributed by atoms with Crippen LogP contribution in [0.25, 0.3) is 0 Å². The number of anilines is 1. The summed E-state index contributed by atoms with van der Waals surface area (Å²) in [5, 5.41) is 6.99. The van der Waals surface area contributed by atoms with Gasteiger partial charge in [0.25, 0.3) is 0 Å². The molecular weight excluding hydrogens is 454 g/mol. The molecule has 0 amide bonds. The Morgan fingerprint density at radius 3 is 2.78 bits per heavy atom. The number of hydrogen-bond donors (Lipinski definition) is 3. The number of aromatic amines is 1. The standard InChI is InChI=1S/C27H33N7O2/c1-35-23-11-10-17(12-24(23)36-20-7-3-4-8-20)15-33-16-19(13-18-6-2-5-9-22(18)33)34-25(28)21-14-30-32-26(21)31-27(34)29/h2,5-6,9-12,14,19-20,25H,3-4,7-8,13,15-16,28H2,1H3,(H3,29,30,31,32). The van der Waals surface area contributed by atoms with Crippen molar-refractivity contribution in [2.45, 2.75) is 57.0 Å². The molecule has 0 radical (unpaired) electrons. The molecule has 3 aliphatic rings. The van der Waals surface area contributed by atoms with E-state index in [1.165, 1.54) is 29.7 Å². The third kappa shape index (κ3) is 4.13. The van der Waals surface area contributed by atoms with Gasteiger partial charge < -0.3 is 30.7 Å². The first-order valence-corrected chi connectivity index (χ1v) is 12.7. The molecule has 36 heavy (non-hydrogen) atoms. The van der Waals surface area contributed by atoms with Crippen LogP contribution in [-0.2, 0) is 13.0 Å². The predicted octanol–water partition coefficient (Wildman–Crippen LogP) is 3.59. The fourth-order valence-electron chi connectivity index (χ4n) is 5.79. The normalized spacial score (nSPS) is 21.7. The molecule has 1 aliphatic carbocycles. The predicted molar refractivity (Wildman–Crippen MR) is 139 cm³/mol. The maximum absolute atomic E-state index is 6.66. The minimum Gasteiger partial charge on any atom is -0.493 e. The van der Waals surface area contributed by atoms with Crippen molar-refractivity contribution in [2.75, 3.05) is 18.6 Å². The molecule has 9 heteroatoms. The van der Waals surface area contributed by atoms with Gasteiger partial charge in [0.15, 0.2) is 23.3 Å². The summed E-state index contributed by atoms with van der Waals surface area (Å²) in [6.45, 7) is 1.49. The molecule has 6 rings (SSSR count). The minimum absolute atomic E-state index is 0.0640. The Morgan fingerprint density at radius 2 is 1.94 bits per heavy atom. The highest BCUT2D eigenvalue weighted by Crippen LogP contribution is 2.37. The number of methoxy groups -OCH3 is 1. The molecule has 1 aromatic heterocycles. The van der Waals surface area contributed by atoms with Gasteiger partial charge in [0.05, 0.1) is 31.0 Å². The lowest BCUT2D eigenvalue weighted by atomic mass is 9.95. The van der Waals surface area contributed by atoms with Gasteiger partial charge in [0, 0.05) is 18.8 Å². The molecule has 2 aliphatic heterocycles. The molecule has 1 saturated carbocycles. The largest absolute Gasteiger partial charge is 0.493 e. The van der Waals surface area contributed by atoms with Crippen LogP contribution < -0.4 is 25.8 Å². The van der Waals surface area contributed by atoms with Crippen molar-refractivity contribution in [2.24, 2.45) is 16.5 Å². The van der Waals surface area contributed by atoms with Gasteiger partial charge in [0.1, 0.15) is 6.17 Å². The number of nitrogens with two attached hydrogens (primary N) is 2. The van der Waals surface area contributed by atoms with Crippen LogP contribution in [0.4, 0.5) is 11.5 Å². The number of rotatable bonds is 6. The fraction of sp³-hybridized carbons (Fsp3) is 0.407. The van der Waals surface area contributed by atoms with Crippen LogP contribution in [0.3, 0.4) is 0 Å². The van der Waals surface area contributed by atoms with Crippen molar-refractivity contribution in [1.82, 2.24) is 15.1 Å². The first-order valence-electron chi connectivity index (χ1n) is 12.7. The summed E-state index contributed by atoms with van der Waals surface area (Å²) in [7, 11) is 1.70. The summed E-state index contributed by atoms with van der Waals surface area (Å²) in [6, 6.07) is 14.9. The van der Waals surface area contributed by atoms with Crippen molar-refractivity contribution < 1.29 is 9.47 Å². The lowest BCUT2D eigenvalue weighted by molar-refractivity contribution is 0.200. The Kier molecular flexibility index (Phi) is 5.92.